The number of carboxylic acids is 1. The molecule has 1 amide bonds. The number of amides is 1. The van der Waals surface area contributed by atoms with Crippen LogP contribution in [0, 0.1) is 0 Å². The first-order valence-corrected chi connectivity index (χ1v) is 10.9. The molecule has 2 aromatic rings. The Morgan fingerprint density at radius 1 is 1.00 bits per heavy atom. The first kappa shape index (κ1) is 25.1. The topological polar surface area (TPSA) is 113 Å². The Morgan fingerprint density at radius 2 is 1.69 bits per heavy atom. The van der Waals surface area contributed by atoms with E-state index in [9.17, 15) is 24.6 Å². The molecule has 2 rings (SSSR count). The average Bonchev–Trinajstić information content (AvgIpc) is 2.79. The highest BCUT2D eigenvalue weighted by Crippen LogP contribution is 2.13. The molecule has 0 fully saturated rings. The van der Waals surface area contributed by atoms with E-state index >= 15 is 0 Å². The highest BCUT2D eigenvalue weighted by Gasteiger charge is 2.29. The third-order valence-corrected chi connectivity index (χ3v) is 5.11. The predicted molar refractivity (Wildman–Crippen MR) is 120 cm³/mol. The van der Waals surface area contributed by atoms with Crippen molar-refractivity contribution in [3.63, 3.8) is 0 Å². The zero-order valence-electron chi connectivity index (χ0n) is 18.3. The number of benzene rings is 2. The summed E-state index contributed by atoms with van der Waals surface area (Å²) in [5.74, 6) is -2.08. The van der Waals surface area contributed by atoms with Crippen molar-refractivity contribution in [2.45, 2.75) is 57.6 Å². The fraction of sp³-hybridized carbons (Fsp3) is 0.400. The number of hydrogen-bond donors (Lipinski definition) is 3. The number of aromatic carboxylic acids is 1. The number of esters is 1. The van der Waals surface area contributed by atoms with Gasteiger partial charge in [0.25, 0.3) is 0 Å². The third-order valence-electron chi connectivity index (χ3n) is 5.11. The Kier molecular flexibility index (Phi) is 10.4. The summed E-state index contributed by atoms with van der Waals surface area (Å²) >= 11 is 0. The summed E-state index contributed by atoms with van der Waals surface area (Å²) in [6, 6.07) is 15.1. The van der Waals surface area contributed by atoms with Crippen LogP contribution in [0.5, 0.6) is 0 Å². The zero-order valence-corrected chi connectivity index (χ0v) is 18.3. The molecule has 0 saturated carbocycles. The second kappa shape index (κ2) is 13.3. The number of hydrogen-bond acceptors (Lipinski definition) is 5. The van der Waals surface area contributed by atoms with Crippen molar-refractivity contribution in [3.8, 4) is 0 Å². The van der Waals surface area contributed by atoms with E-state index < -0.39 is 24.1 Å². The van der Waals surface area contributed by atoms with Gasteiger partial charge >= 0.3 is 11.9 Å². The number of nitrogens with one attached hydrogen (secondary N) is 1. The molecule has 0 saturated heterocycles. The van der Waals surface area contributed by atoms with Gasteiger partial charge in [-0.1, -0.05) is 61.9 Å². The van der Waals surface area contributed by atoms with E-state index in [2.05, 4.69) is 5.32 Å². The molecule has 7 heteroatoms. The fourth-order valence-corrected chi connectivity index (χ4v) is 3.34. The van der Waals surface area contributed by atoms with E-state index in [1.807, 2.05) is 37.3 Å². The first-order valence-electron chi connectivity index (χ1n) is 10.9. The summed E-state index contributed by atoms with van der Waals surface area (Å²) in [7, 11) is 0. The maximum Gasteiger partial charge on any atom is 0.337 e. The van der Waals surface area contributed by atoms with E-state index in [0.717, 1.165) is 12.0 Å². The molecule has 2 atom stereocenters. The van der Waals surface area contributed by atoms with Crippen LogP contribution in [0.25, 0.3) is 0 Å². The molecule has 0 aromatic heterocycles. The number of carbonyl (C=O) groups excluding carboxylic acids is 2. The van der Waals surface area contributed by atoms with E-state index in [4.69, 9.17) is 4.74 Å². The minimum absolute atomic E-state index is 0.136. The number of aryl methyl sites for hydroxylation is 1. The van der Waals surface area contributed by atoms with Crippen molar-refractivity contribution in [2.24, 2.45) is 0 Å². The van der Waals surface area contributed by atoms with Crippen molar-refractivity contribution in [1.29, 1.82) is 0 Å². The molecule has 2 aromatic carbocycles. The maximum absolute atomic E-state index is 12.5. The molecule has 0 spiro atoms. The summed E-state index contributed by atoms with van der Waals surface area (Å²) in [5, 5.41) is 22.6. The molecule has 32 heavy (non-hydrogen) atoms. The number of carboxylic acid groups (broad SMARTS) is 1. The highest BCUT2D eigenvalue weighted by molar-refractivity contribution is 5.89. The van der Waals surface area contributed by atoms with Crippen LogP contribution in [0.15, 0.2) is 54.6 Å². The van der Waals surface area contributed by atoms with Crippen LogP contribution >= 0.6 is 0 Å². The van der Waals surface area contributed by atoms with Gasteiger partial charge in [-0.3, -0.25) is 4.79 Å². The highest BCUT2D eigenvalue weighted by atomic mass is 16.5. The van der Waals surface area contributed by atoms with E-state index in [1.54, 1.807) is 18.2 Å². The van der Waals surface area contributed by atoms with E-state index in [0.29, 0.717) is 24.8 Å². The predicted octanol–water partition coefficient (Wildman–Crippen LogP) is 3.14. The molecule has 3 N–H and O–H groups in total. The Hall–Kier alpha value is -3.19. The van der Waals surface area contributed by atoms with Gasteiger partial charge in [0, 0.05) is 6.42 Å². The molecule has 172 valence electrons. The van der Waals surface area contributed by atoms with Crippen LogP contribution in [-0.4, -0.2) is 46.8 Å². The van der Waals surface area contributed by atoms with Gasteiger partial charge in [0.2, 0.25) is 5.91 Å². The summed E-state index contributed by atoms with van der Waals surface area (Å²) in [6.07, 6.45) is 1.36. The number of carbonyl (C=O) groups is 3. The maximum atomic E-state index is 12.5. The van der Waals surface area contributed by atoms with Crippen LogP contribution in [0.2, 0.25) is 0 Å². The summed E-state index contributed by atoms with van der Waals surface area (Å²) in [5.41, 5.74) is 1.75. The quantitative estimate of drug-likeness (QED) is 0.325. The summed E-state index contributed by atoms with van der Waals surface area (Å²) < 4.78 is 5.12. The smallest absolute Gasteiger partial charge is 0.337 e. The number of aliphatic hydroxyl groups excluding tert-OH is 1. The standard InChI is InChI=1S/C25H31NO6/c1-2-3-16-32-25(31)23(28)21(17-18-10-5-4-6-11-18)26-22(27)15-9-13-19-12-7-8-14-20(19)24(29)30/h4-8,10-12,14,21,23,28H,2-3,9,13,15-17H2,1H3,(H,26,27)(H,29,30). The van der Waals surface area contributed by atoms with Gasteiger partial charge in [-0.15, -0.1) is 0 Å². The lowest BCUT2D eigenvalue weighted by Gasteiger charge is -2.23. The monoisotopic (exact) mass is 441 g/mol. The first-order chi connectivity index (χ1) is 15.4. The van der Waals surface area contributed by atoms with Gasteiger partial charge < -0.3 is 20.3 Å². The lowest BCUT2D eigenvalue weighted by Crippen LogP contribution is -2.48. The Balaban J connectivity index is 1.97. The van der Waals surface area contributed by atoms with Gasteiger partial charge in [-0.05, 0) is 42.9 Å². The number of unbranched alkanes of at least 4 members (excludes halogenated alkanes) is 1. The molecular weight excluding hydrogens is 410 g/mol. The van der Waals surface area contributed by atoms with Crippen molar-refractivity contribution in [2.75, 3.05) is 6.61 Å². The number of ether oxygens (including phenoxy) is 1. The minimum atomic E-state index is -1.48. The van der Waals surface area contributed by atoms with Crippen LogP contribution in [0.1, 0.15) is 54.1 Å². The van der Waals surface area contributed by atoms with Crippen LogP contribution in [0.4, 0.5) is 0 Å². The second-order valence-electron chi connectivity index (χ2n) is 7.65. The zero-order chi connectivity index (χ0) is 23.3. The van der Waals surface area contributed by atoms with Gasteiger partial charge in [-0.2, -0.15) is 0 Å². The number of rotatable bonds is 13. The van der Waals surface area contributed by atoms with Crippen LogP contribution in [-0.2, 0) is 27.2 Å². The lowest BCUT2D eigenvalue weighted by atomic mass is 10.00. The Labute approximate surface area is 188 Å². The van der Waals surface area contributed by atoms with Gasteiger partial charge in [-0.25, -0.2) is 9.59 Å². The second-order valence-corrected chi connectivity index (χ2v) is 7.65. The SMILES string of the molecule is CCCCOC(=O)C(O)C(Cc1ccccc1)NC(=O)CCCc1ccccc1C(=O)O. The molecule has 0 radical (unpaired) electrons. The molecule has 7 nitrogen and oxygen atoms in total. The van der Waals surface area contributed by atoms with Crippen molar-refractivity contribution < 1.29 is 29.3 Å². The molecule has 0 aliphatic heterocycles. The summed E-state index contributed by atoms with van der Waals surface area (Å²) in [6.45, 7) is 2.19. The largest absolute Gasteiger partial charge is 0.478 e. The summed E-state index contributed by atoms with van der Waals surface area (Å²) in [4.78, 5) is 36.1. The molecule has 0 aliphatic rings. The van der Waals surface area contributed by atoms with Crippen LogP contribution in [0.3, 0.4) is 0 Å². The van der Waals surface area contributed by atoms with Crippen molar-refractivity contribution >= 4 is 17.8 Å². The molecule has 0 bridgehead atoms. The van der Waals surface area contributed by atoms with Gasteiger partial charge in [0.05, 0.1) is 18.2 Å². The Morgan fingerprint density at radius 3 is 2.38 bits per heavy atom. The van der Waals surface area contributed by atoms with Crippen molar-refractivity contribution in [3.05, 3.63) is 71.3 Å². The van der Waals surface area contributed by atoms with E-state index in [-0.39, 0.29) is 30.9 Å². The molecule has 0 aliphatic carbocycles. The lowest BCUT2D eigenvalue weighted by molar-refractivity contribution is -0.155. The molecule has 0 heterocycles. The van der Waals surface area contributed by atoms with Crippen LogP contribution < -0.4 is 5.32 Å². The van der Waals surface area contributed by atoms with E-state index in [1.165, 1.54) is 6.07 Å². The molecular formula is C25H31NO6. The third kappa shape index (κ3) is 8.15. The van der Waals surface area contributed by atoms with Gasteiger partial charge in [0.15, 0.2) is 6.10 Å². The number of aliphatic hydroxyl groups is 1. The normalized spacial score (nSPS) is 12.6. The van der Waals surface area contributed by atoms with Gasteiger partial charge in [0.1, 0.15) is 0 Å². The minimum Gasteiger partial charge on any atom is -0.478 e. The molecule has 2 unspecified atom stereocenters. The van der Waals surface area contributed by atoms with Crippen molar-refractivity contribution in [1.82, 2.24) is 5.32 Å². The Bertz CT molecular complexity index is 883. The fourth-order valence-electron chi connectivity index (χ4n) is 3.34. The average molecular weight is 442 g/mol.